The Hall–Kier alpha value is 0.1000. The van der Waals surface area contributed by atoms with Crippen LogP contribution in [0.5, 0.6) is 0 Å². The number of morpholine rings is 1. The number of hydrogen-bond acceptors (Lipinski definition) is 3. The lowest BCUT2D eigenvalue weighted by Gasteiger charge is -2.35. The SMILES string of the molecule is C=C(Br)CNCC1CN2CCCC2CO1. The van der Waals surface area contributed by atoms with Crippen molar-refractivity contribution >= 4 is 15.9 Å². The number of halogens is 1. The third-order valence-corrected chi connectivity index (χ3v) is 3.43. The first kappa shape index (κ1) is 11.6. The Morgan fingerprint density at radius 2 is 2.47 bits per heavy atom. The molecular formula is C11H19BrN2O. The molecule has 0 spiro atoms. The topological polar surface area (TPSA) is 24.5 Å². The van der Waals surface area contributed by atoms with Gasteiger partial charge < -0.3 is 10.1 Å². The average Bonchev–Trinajstić information content (AvgIpc) is 2.64. The molecule has 2 saturated heterocycles. The standard InChI is InChI=1S/C11H19BrN2O/c1-9(12)5-13-6-11-7-14-4-2-3-10(14)8-15-11/h10-11,13H,1-8H2. The molecule has 2 heterocycles. The second-order valence-corrected chi connectivity index (χ2v) is 5.52. The summed E-state index contributed by atoms with van der Waals surface area (Å²) in [7, 11) is 0. The van der Waals surface area contributed by atoms with Gasteiger partial charge in [-0.15, -0.1) is 0 Å². The van der Waals surface area contributed by atoms with Gasteiger partial charge in [0.2, 0.25) is 0 Å². The van der Waals surface area contributed by atoms with Crippen molar-refractivity contribution < 1.29 is 4.74 Å². The second-order valence-electron chi connectivity index (χ2n) is 4.39. The Kier molecular flexibility index (Phi) is 4.20. The van der Waals surface area contributed by atoms with E-state index >= 15 is 0 Å². The molecule has 2 aliphatic heterocycles. The normalized spacial score (nSPS) is 31.5. The zero-order valence-electron chi connectivity index (χ0n) is 9.04. The molecule has 4 heteroatoms. The smallest absolute Gasteiger partial charge is 0.0827 e. The van der Waals surface area contributed by atoms with E-state index in [1.54, 1.807) is 0 Å². The number of nitrogens with zero attached hydrogens (tertiary/aromatic N) is 1. The van der Waals surface area contributed by atoms with Gasteiger partial charge >= 0.3 is 0 Å². The van der Waals surface area contributed by atoms with Gasteiger partial charge in [0.25, 0.3) is 0 Å². The Bertz CT molecular complexity index is 235. The molecule has 0 aromatic heterocycles. The van der Waals surface area contributed by atoms with Gasteiger partial charge in [0.15, 0.2) is 0 Å². The number of rotatable bonds is 4. The van der Waals surface area contributed by atoms with E-state index in [9.17, 15) is 0 Å². The van der Waals surface area contributed by atoms with Crippen molar-refractivity contribution in [2.24, 2.45) is 0 Å². The van der Waals surface area contributed by atoms with Gasteiger partial charge in [0.05, 0.1) is 12.7 Å². The molecule has 0 aromatic carbocycles. The summed E-state index contributed by atoms with van der Waals surface area (Å²) >= 11 is 3.34. The molecular weight excluding hydrogens is 256 g/mol. The summed E-state index contributed by atoms with van der Waals surface area (Å²) in [6.07, 6.45) is 3.01. The molecule has 1 N–H and O–H groups in total. The maximum atomic E-state index is 5.82. The van der Waals surface area contributed by atoms with Crippen molar-refractivity contribution in [1.29, 1.82) is 0 Å². The maximum absolute atomic E-state index is 5.82. The minimum Gasteiger partial charge on any atom is -0.374 e. The minimum absolute atomic E-state index is 0.353. The monoisotopic (exact) mass is 274 g/mol. The highest BCUT2D eigenvalue weighted by Crippen LogP contribution is 2.22. The molecule has 3 nitrogen and oxygen atoms in total. The van der Waals surface area contributed by atoms with Crippen LogP contribution >= 0.6 is 15.9 Å². The summed E-state index contributed by atoms with van der Waals surface area (Å²) < 4.78 is 6.82. The molecule has 0 amide bonds. The van der Waals surface area contributed by atoms with E-state index in [-0.39, 0.29) is 0 Å². The first-order valence-corrected chi connectivity index (χ1v) is 6.44. The third-order valence-electron chi connectivity index (χ3n) is 3.15. The van der Waals surface area contributed by atoms with Crippen molar-refractivity contribution in [2.45, 2.75) is 25.0 Å². The van der Waals surface area contributed by atoms with Crippen molar-refractivity contribution in [3.63, 3.8) is 0 Å². The van der Waals surface area contributed by atoms with E-state index in [0.717, 1.165) is 30.7 Å². The van der Waals surface area contributed by atoms with Gasteiger partial charge in [-0.25, -0.2) is 0 Å². The first-order chi connectivity index (χ1) is 7.25. The summed E-state index contributed by atoms with van der Waals surface area (Å²) in [6.45, 7) is 8.81. The molecule has 0 radical (unpaired) electrons. The largest absolute Gasteiger partial charge is 0.374 e. The molecule has 2 fully saturated rings. The summed E-state index contributed by atoms with van der Waals surface area (Å²) in [5.41, 5.74) is 0. The Morgan fingerprint density at radius 3 is 3.27 bits per heavy atom. The van der Waals surface area contributed by atoms with Crippen LogP contribution in [0, 0.1) is 0 Å². The third kappa shape index (κ3) is 3.28. The predicted octanol–water partition coefficient (Wildman–Crippen LogP) is 1.35. The molecule has 2 rings (SSSR count). The molecule has 2 atom stereocenters. The fourth-order valence-electron chi connectivity index (χ4n) is 2.38. The summed E-state index contributed by atoms with van der Waals surface area (Å²) in [6, 6.07) is 0.701. The quantitative estimate of drug-likeness (QED) is 0.838. The highest BCUT2D eigenvalue weighted by molar-refractivity contribution is 9.11. The van der Waals surface area contributed by atoms with Crippen LogP contribution in [0.25, 0.3) is 0 Å². The van der Waals surface area contributed by atoms with Gasteiger partial charge in [-0.05, 0) is 19.4 Å². The van der Waals surface area contributed by atoms with Crippen LogP contribution in [0.15, 0.2) is 11.1 Å². The van der Waals surface area contributed by atoms with E-state index in [1.165, 1.54) is 19.4 Å². The zero-order valence-corrected chi connectivity index (χ0v) is 10.6. The maximum Gasteiger partial charge on any atom is 0.0827 e. The van der Waals surface area contributed by atoms with Crippen LogP contribution in [0.4, 0.5) is 0 Å². The van der Waals surface area contributed by atoms with E-state index in [2.05, 4.69) is 32.7 Å². The molecule has 0 bridgehead atoms. The Balaban J connectivity index is 1.68. The second kappa shape index (κ2) is 5.43. The predicted molar refractivity (Wildman–Crippen MR) is 65.3 cm³/mol. The lowest BCUT2D eigenvalue weighted by molar-refractivity contribution is -0.0465. The van der Waals surface area contributed by atoms with Gasteiger partial charge in [0.1, 0.15) is 0 Å². The number of ether oxygens (including phenoxy) is 1. The van der Waals surface area contributed by atoms with Crippen molar-refractivity contribution in [1.82, 2.24) is 10.2 Å². The van der Waals surface area contributed by atoms with Crippen molar-refractivity contribution in [2.75, 3.05) is 32.8 Å². The van der Waals surface area contributed by atoms with E-state index in [0.29, 0.717) is 12.1 Å². The van der Waals surface area contributed by atoms with Crippen LogP contribution in [0.1, 0.15) is 12.8 Å². The van der Waals surface area contributed by atoms with Gasteiger partial charge in [-0.2, -0.15) is 0 Å². The van der Waals surface area contributed by atoms with Crippen LogP contribution in [-0.2, 0) is 4.74 Å². The summed E-state index contributed by atoms with van der Waals surface area (Å²) in [5.74, 6) is 0. The van der Waals surface area contributed by atoms with Crippen LogP contribution in [-0.4, -0.2) is 49.8 Å². The molecule has 0 aliphatic carbocycles. The first-order valence-electron chi connectivity index (χ1n) is 5.65. The molecule has 2 aliphatic rings. The molecule has 0 saturated carbocycles. The fraction of sp³-hybridized carbons (Fsp3) is 0.818. The van der Waals surface area contributed by atoms with Crippen molar-refractivity contribution in [3.8, 4) is 0 Å². The van der Waals surface area contributed by atoms with E-state index in [4.69, 9.17) is 4.74 Å². The van der Waals surface area contributed by atoms with Gasteiger partial charge in [0, 0.05) is 30.2 Å². The molecule has 2 unspecified atom stereocenters. The zero-order chi connectivity index (χ0) is 10.7. The van der Waals surface area contributed by atoms with Crippen LogP contribution in [0.2, 0.25) is 0 Å². The fourth-order valence-corrected chi connectivity index (χ4v) is 2.58. The number of nitrogens with one attached hydrogen (secondary N) is 1. The minimum atomic E-state index is 0.353. The summed E-state index contributed by atoms with van der Waals surface area (Å²) in [5, 5.41) is 3.34. The van der Waals surface area contributed by atoms with Crippen molar-refractivity contribution in [3.05, 3.63) is 11.1 Å². The lowest BCUT2D eigenvalue weighted by Crippen LogP contribution is -2.49. The lowest BCUT2D eigenvalue weighted by atomic mass is 10.2. The van der Waals surface area contributed by atoms with E-state index in [1.807, 2.05) is 0 Å². The average molecular weight is 275 g/mol. The molecule has 0 aromatic rings. The van der Waals surface area contributed by atoms with Crippen LogP contribution in [0.3, 0.4) is 0 Å². The number of fused-ring (bicyclic) bond motifs is 1. The summed E-state index contributed by atoms with van der Waals surface area (Å²) in [4.78, 5) is 2.57. The number of hydrogen-bond donors (Lipinski definition) is 1. The Labute approximate surface area is 100.0 Å². The molecule has 15 heavy (non-hydrogen) atoms. The molecule has 86 valence electrons. The Morgan fingerprint density at radius 1 is 1.60 bits per heavy atom. The van der Waals surface area contributed by atoms with Crippen LogP contribution < -0.4 is 5.32 Å². The van der Waals surface area contributed by atoms with E-state index < -0.39 is 0 Å². The highest BCUT2D eigenvalue weighted by atomic mass is 79.9. The van der Waals surface area contributed by atoms with Gasteiger partial charge in [-0.3, -0.25) is 4.90 Å². The van der Waals surface area contributed by atoms with Gasteiger partial charge in [-0.1, -0.05) is 22.5 Å². The highest BCUT2D eigenvalue weighted by Gasteiger charge is 2.31.